The molecule has 3 nitrogen and oxygen atoms in total. The van der Waals surface area contributed by atoms with Gasteiger partial charge in [-0.05, 0) is 38.0 Å². The Hall–Kier alpha value is -1.51. The number of benzene rings is 1. The van der Waals surface area contributed by atoms with E-state index in [1.807, 2.05) is 25.1 Å². The molecule has 16 heavy (non-hydrogen) atoms. The second-order valence-corrected chi connectivity index (χ2v) is 4.10. The molecule has 3 heteroatoms. The molecule has 0 aliphatic carbocycles. The number of nitrogens with zero attached hydrogens (tertiary/aromatic N) is 1. The van der Waals surface area contributed by atoms with E-state index >= 15 is 0 Å². The molecule has 0 aromatic heterocycles. The van der Waals surface area contributed by atoms with Gasteiger partial charge in [-0.3, -0.25) is 4.79 Å². The zero-order chi connectivity index (χ0) is 11.4. The number of rotatable bonds is 3. The number of hydrogen-bond donors (Lipinski definition) is 1. The van der Waals surface area contributed by atoms with Crippen molar-refractivity contribution in [1.82, 2.24) is 5.32 Å². The van der Waals surface area contributed by atoms with Crippen molar-refractivity contribution in [3.63, 3.8) is 0 Å². The van der Waals surface area contributed by atoms with Crippen LogP contribution in [0.25, 0.3) is 0 Å². The lowest BCUT2D eigenvalue weighted by Gasteiger charge is -2.18. The molecule has 1 aliphatic heterocycles. The van der Waals surface area contributed by atoms with Gasteiger partial charge >= 0.3 is 0 Å². The fourth-order valence-electron chi connectivity index (χ4n) is 2.08. The fraction of sp³-hybridized carbons (Fsp3) is 0.462. The summed E-state index contributed by atoms with van der Waals surface area (Å²) in [5, 5.41) is 2.82. The van der Waals surface area contributed by atoms with Crippen molar-refractivity contribution in [3.05, 3.63) is 29.8 Å². The summed E-state index contributed by atoms with van der Waals surface area (Å²) in [6.45, 7) is 4.83. The van der Waals surface area contributed by atoms with Crippen LogP contribution < -0.4 is 10.2 Å². The molecule has 0 atom stereocenters. The third kappa shape index (κ3) is 2.35. The first-order valence-corrected chi connectivity index (χ1v) is 5.94. The second kappa shape index (κ2) is 5.01. The molecule has 2 rings (SSSR count). The predicted molar refractivity (Wildman–Crippen MR) is 65.9 cm³/mol. The molecule has 1 N–H and O–H groups in total. The van der Waals surface area contributed by atoms with Crippen LogP contribution in [0.2, 0.25) is 0 Å². The number of carbonyl (C=O) groups excluding carboxylic acids is 1. The molecular formula is C13H18N2O. The van der Waals surface area contributed by atoms with Crippen molar-refractivity contribution >= 4 is 11.6 Å². The first-order chi connectivity index (χ1) is 7.81. The molecule has 0 spiro atoms. The van der Waals surface area contributed by atoms with Gasteiger partial charge in [0.25, 0.3) is 5.91 Å². The van der Waals surface area contributed by atoms with Crippen LogP contribution in [0.3, 0.4) is 0 Å². The van der Waals surface area contributed by atoms with E-state index in [-0.39, 0.29) is 5.91 Å². The zero-order valence-electron chi connectivity index (χ0n) is 9.70. The van der Waals surface area contributed by atoms with E-state index in [1.165, 1.54) is 18.5 Å². The van der Waals surface area contributed by atoms with Crippen molar-refractivity contribution < 1.29 is 4.79 Å². The Morgan fingerprint density at radius 2 is 2.12 bits per heavy atom. The van der Waals surface area contributed by atoms with Gasteiger partial charge < -0.3 is 10.2 Å². The molecule has 1 amide bonds. The van der Waals surface area contributed by atoms with Crippen LogP contribution in [-0.2, 0) is 0 Å². The average Bonchev–Trinajstić information content (AvgIpc) is 2.83. The van der Waals surface area contributed by atoms with Crippen LogP contribution in [0.4, 0.5) is 5.69 Å². The summed E-state index contributed by atoms with van der Waals surface area (Å²) < 4.78 is 0. The summed E-state index contributed by atoms with van der Waals surface area (Å²) in [6.07, 6.45) is 2.51. The number of carbonyl (C=O) groups is 1. The lowest BCUT2D eigenvalue weighted by Crippen LogP contribution is -2.23. The SMILES string of the molecule is CCNC(=O)c1cccc(N2CCCC2)c1. The first-order valence-electron chi connectivity index (χ1n) is 5.94. The van der Waals surface area contributed by atoms with E-state index in [0.29, 0.717) is 6.54 Å². The maximum Gasteiger partial charge on any atom is 0.251 e. The van der Waals surface area contributed by atoms with Gasteiger partial charge in [-0.15, -0.1) is 0 Å². The predicted octanol–water partition coefficient (Wildman–Crippen LogP) is 2.04. The summed E-state index contributed by atoms with van der Waals surface area (Å²) in [5.74, 6) is 0.0172. The molecule has 1 saturated heterocycles. The van der Waals surface area contributed by atoms with Crippen molar-refractivity contribution in [2.45, 2.75) is 19.8 Å². The maximum absolute atomic E-state index is 11.7. The highest BCUT2D eigenvalue weighted by Crippen LogP contribution is 2.20. The number of hydrogen-bond acceptors (Lipinski definition) is 2. The number of nitrogens with one attached hydrogen (secondary N) is 1. The van der Waals surface area contributed by atoms with Gasteiger partial charge in [0, 0.05) is 30.9 Å². The molecule has 86 valence electrons. The van der Waals surface area contributed by atoms with Crippen LogP contribution in [0.15, 0.2) is 24.3 Å². The standard InChI is InChI=1S/C13H18N2O/c1-2-14-13(16)11-6-5-7-12(10-11)15-8-3-4-9-15/h5-7,10H,2-4,8-9H2,1H3,(H,14,16). The van der Waals surface area contributed by atoms with Gasteiger partial charge in [0.15, 0.2) is 0 Å². The van der Waals surface area contributed by atoms with Gasteiger partial charge in [0.2, 0.25) is 0 Å². The highest BCUT2D eigenvalue weighted by Gasteiger charge is 2.13. The van der Waals surface area contributed by atoms with Crippen LogP contribution in [0, 0.1) is 0 Å². The van der Waals surface area contributed by atoms with Crippen molar-refractivity contribution in [2.75, 3.05) is 24.5 Å². The molecule has 0 saturated carbocycles. The molecule has 1 aromatic rings. The highest BCUT2D eigenvalue weighted by molar-refractivity contribution is 5.95. The Labute approximate surface area is 96.5 Å². The van der Waals surface area contributed by atoms with Crippen LogP contribution in [-0.4, -0.2) is 25.5 Å². The van der Waals surface area contributed by atoms with E-state index < -0.39 is 0 Å². The average molecular weight is 218 g/mol. The normalized spacial score (nSPS) is 15.2. The molecule has 0 unspecified atom stereocenters. The van der Waals surface area contributed by atoms with Crippen molar-refractivity contribution in [2.24, 2.45) is 0 Å². The third-order valence-electron chi connectivity index (χ3n) is 2.92. The molecule has 0 bridgehead atoms. The molecule has 1 fully saturated rings. The zero-order valence-corrected chi connectivity index (χ0v) is 9.70. The maximum atomic E-state index is 11.7. The molecule has 0 radical (unpaired) electrons. The van der Waals surface area contributed by atoms with Crippen LogP contribution in [0.1, 0.15) is 30.1 Å². The molecule has 1 aliphatic rings. The Morgan fingerprint density at radius 1 is 1.38 bits per heavy atom. The summed E-state index contributed by atoms with van der Waals surface area (Å²) >= 11 is 0. The smallest absolute Gasteiger partial charge is 0.251 e. The van der Waals surface area contributed by atoms with Gasteiger partial charge in [-0.25, -0.2) is 0 Å². The largest absolute Gasteiger partial charge is 0.372 e. The Balaban J connectivity index is 2.15. The third-order valence-corrected chi connectivity index (χ3v) is 2.92. The monoisotopic (exact) mass is 218 g/mol. The van der Waals surface area contributed by atoms with Gasteiger partial charge in [-0.1, -0.05) is 6.07 Å². The van der Waals surface area contributed by atoms with E-state index in [0.717, 1.165) is 18.7 Å². The van der Waals surface area contributed by atoms with E-state index in [2.05, 4.69) is 16.3 Å². The highest BCUT2D eigenvalue weighted by atomic mass is 16.1. The van der Waals surface area contributed by atoms with Gasteiger partial charge in [0.1, 0.15) is 0 Å². The van der Waals surface area contributed by atoms with Crippen molar-refractivity contribution in [1.29, 1.82) is 0 Å². The van der Waals surface area contributed by atoms with Crippen LogP contribution >= 0.6 is 0 Å². The van der Waals surface area contributed by atoms with Crippen molar-refractivity contribution in [3.8, 4) is 0 Å². The van der Waals surface area contributed by atoms with Gasteiger partial charge in [-0.2, -0.15) is 0 Å². The molecule has 1 aromatic carbocycles. The lowest BCUT2D eigenvalue weighted by molar-refractivity contribution is 0.0956. The van der Waals surface area contributed by atoms with E-state index in [1.54, 1.807) is 0 Å². The quantitative estimate of drug-likeness (QED) is 0.842. The summed E-state index contributed by atoms with van der Waals surface area (Å²) in [7, 11) is 0. The number of amides is 1. The molecule has 1 heterocycles. The Morgan fingerprint density at radius 3 is 2.81 bits per heavy atom. The van der Waals surface area contributed by atoms with Crippen LogP contribution in [0.5, 0.6) is 0 Å². The fourth-order valence-corrected chi connectivity index (χ4v) is 2.08. The topological polar surface area (TPSA) is 32.3 Å². The summed E-state index contributed by atoms with van der Waals surface area (Å²) in [4.78, 5) is 14.0. The van der Waals surface area contributed by atoms with Gasteiger partial charge in [0.05, 0.1) is 0 Å². The van der Waals surface area contributed by atoms with E-state index in [9.17, 15) is 4.79 Å². The molecular weight excluding hydrogens is 200 g/mol. The Kier molecular flexibility index (Phi) is 3.44. The lowest BCUT2D eigenvalue weighted by atomic mass is 10.2. The minimum atomic E-state index is 0.0172. The van der Waals surface area contributed by atoms with E-state index in [4.69, 9.17) is 0 Å². The minimum absolute atomic E-state index is 0.0172. The summed E-state index contributed by atoms with van der Waals surface area (Å²) in [6, 6.07) is 7.88. The Bertz CT molecular complexity index is 370. The second-order valence-electron chi connectivity index (χ2n) is 4.10. The summed E-state index contributed by atoms with van der Waals surface area (Å²) in [5.41, 5.74) is 1.92. The minimum Gasteiger partial charge on any atom is -0.372 e. The first kappa shape index (κ1) is 11.0. The number of anilines is 1.